The number of rotatable bonds is 4. The molecule has 0 saturated carbocycles. The number of carbonyl (C=O) groups excluding carboxylic acids is 1. The zero-order chi connectivity index (χ0) is 15.2. The summed E-state index contributed by atoms with van der Waals surface area (Å²) in [6.07, 6.45) is 2.17. The maximum absolute atomic E-state index is 12.3. The smallest absolute Gasteiger partial charge is 0.326 e. The fraction of sp³-hybridized carbons (Fsp3) is 0.467. The second-order valence-electron chi connectivity index (χ2n) is 4.93. The summed E-state index contributed by atoms with van der Waals surface area (Å²) in [4.78, 5) is 24.9. The van der Waals surface area contributed by atoms with E-state index in [9.17, 15) is 14.7 Å². The van der Waals surface area contributed by atoms with Gasteiger partial charge in [0, 0.05) is 18.3 Å². The first-order valence-corrected chi connectivity index (χ1v) is 7.15. The van der Waals surface area contributed by atoms with Crippen molar-refractivity contribution in [2.24, 2.45) is 0 Å². The Morgan fingerprint density at radius 2 is 2.24 bits per heavy atom. The average molecular weight is 292 g/mol. The van der Waals surface area contributed by atoms with Crippen LogP contribution in [-0.4, -0.2) is 41.2 Å². The molecule has 6 heteroatoms. The van der Waals surface area contributed by atoms with Gasteiger partial charge in [-0.1, -0.05) is 6.07 Å². The molecule has 1 fully saturated rings. The first-order chi connectivity index (χ1) is 10.1. The van der Waals surface area contributed by atoms with Crippen molar-refractivity contribution in [3.8, 4) is 5.75 Å². The molecule has 0 bridgehead atoms. The summed E-state index contributed by atoms with van der Waals surface area (Å²) in [6, 6.07) is 5.94. The van der Waals surface area contributed by atoms with Gasteiger partial charge in [-0.3, -0.25) is 0 Å². The van der Waals surface area contributed by atoms with E-state index in [1.54, 1.807) is 24.3 Å². The maximum Gasteiger partial charge on any atom is 0.326 e. The molecule has 0 radical (unpaired) electrons. The predicted molar refractivity (Wildman–Crippen MR) is 78.6 cm³/mol. The van der Waals surface area contributed by atoms with Crippen LogP contribution >= 0.6 is 0 Å². The molecule has 1 heterocycles. The number of piperidine rings is 1. The number of carboxylic acid groups (broad SMARTS) is 1. The van der Waals surface area contributed by atoms with Gasteiger partial charge in [0.05, 0.1) is 6.61 Å². The van der Waals surface area contributed by atoms with E-state index in [0.29, 0.717) is 31.0 Å². The quantitative estimate of drug-likeness (QED) is 0.894. The third kappa shape index (κ3) is 3.87. The monoisotopic (exact) mass is 292 g/mol. The van der Waals surface area contributed by atoms with Crippen LogP contribution in [0.4, 0.5) is 10.5 Å². The Morgan fingerprint density at radius 1 is 1.43 bits per heavy atom. The SMILES string of the molecule is CCOc1cccc(NC(=O)N2CCCCC2C(=O)O)c1. The first-order valence-electron chi connectivity index (χ1n) is 7.15. The van der Waals surface area contributed by atoms with Crippen LogP contribution in [-0.2, 0) is 4.79 Å². The number of carboxylic acids is 1. The molecule has 114 valence electrons. The molecule has 1 saturated heterocycles. The zero-order valence-corrected chi connectivity index (χ0v) is 12.0. The number of aliphatic carboxylic acids is 1. The standard InChI is InChI=1S/C15H20N2O4/c1-2-21-12-7-5-6-11(10-12)16-15(20)17-9-4-3-8-13(17)14(18)19/h5-7,10,13H,2-4,8-9H2,1H3,(H,16,20)(H,18,19). The molecule has 2 amide bonds. The molecule has 2 rings (SSSR count). The number of likely N-dealkylation sites (tertiary alicyclic amines) is 1. The van der Waals surface area contributed by atoms with Crippen LogP contribution < -0.4 is 10.1 Å². The molecule has 0 aliphatic carbocycles. The second-order valence-corrected chi connectivity index (χ2v) is 4.93. The van der Waals surface area contributed by atoms with Gasteiger partial charge in [0.2, 0.25) is 0 Å². The van der Waals surface area contributed by atoms with Crippen molar-refractivity contribution in [1.82, 2.24) is 4.90 Å². The topological polar surface area (TPSA) is 78.9 Å². The molecular weight excluding hydrogens is 272 g/mol. The lowest BCUT2D eigenvalue weighted by Gasteiger charge is -2.32. The fourth-order valence-electron chi connectivity index (χ4n) is 2.46. The van der Waals surface area contributed by atoms with Crippen molar-refractivity contribution in [2.75, 3.05) is 18.5 Å². The van der Waals surface area contributed by atoms with E-state index >= 15 is 0 Å². The average Bonchev–Trinajstić information content (AvgIpc) is 2.48. The minimum absolute atomic E-state index is 0.379. The molecule has 0 spiro atoms. The van der Waals surface area contributed by atoms with Crippen LogP contribution in [0.2, 0.25) is 0 Å². The highest BCUT2D eigenvalue weighted by Gasteiger charge is 2.31. The minimum atomic E-state index is -0.951. The van der Waals surface area contributed by atoms with Crippen molar-refractivity contribution in [2.45, 2.75) is 32.2 Å². The molecule has 6 nitrogen and oxygen atoms in total. The van der Waals surface area contributed by atoms with Crippen LogP contribution in [0.3, 0.4) is 0 Å². The Kier molecular flexibility index (Phi) is 5.03. The van der Waals surface area contributed by atoms with Crippen molar-refractivity contribution in [3.63, 3.8) is 0 Å². The number of hydrogen-bond acceptors (Lipinski definition) is 3. The molecular formula is C15H20N2O4. The van der Waals surface area contributed by atoms with Crippen LogP contribution in [0.15, 0.2) is 24.3 Å². The number of urea groups is 1. The highest BCUT2D eigenvalue weighted by molar-refractivity contribution is 5.92. The Labute approximate surface area is 123 Å². The van der Waals surface area contributed by atoms with Crippen molar-refractivity contribution in [1.29, 1.82) is 0 Å². The van der Waals surface area contributed by atoms with Crippen LogP contribution in [0.1, 0.15) is 26.2 Å². The number of nitrogens with zero attached hydrogens (tertiary/aromatic N) is 1. The van der Waals surface area contributed by atoms with Gasteiger partial charge in [-0.25, -0.2) is 9.59 Å². The van der Waals surface area contributed by atoms with Crippen LogP contribution in [0.25, 0.3) is 0 Å². The molecule has 1 aromatic rings. The van der Waals surface area contributed by atoms with Gasteiger partial charge >= 0.3 is 12.0 Å². The number of benzene rings is 1. The summed E-state index contributed by atoms with van der Waals surface area (Å²) in [7, 11) is 0. The molecule has 1 atom stereocenters. The summed E-state index contributed by atoms with van der Waals surface area (Å²) in [5.74, 6) is -0.281. The fourth-order valence-corrected chi connectivity index (χ4v) is 2.46. The highest BCUT2D eigenvalue weighted by Crippen LogP contribution is 2.21. The number of hydrogen-bond donors (Lipinski definition) is 2. The number of ether oxygens (including phenoxy) is 1. The molecule has 1 aromatic carbocycles. The molecule has 21 heavy (non-hydrogen) atoms. The number of nitrogens with one attached hydrogen (secondary N) is 1. The van der Waals surface area contributed by atoms with Crippen molar-refractivity contribution >= 4 is 17.7 Å². The van der Waals surface area contributed by atoms with Gasteiger partial charge in [0.25, 0.3) is 0 Å². The summed E-state index contributed by atoms with van der Waals surface area (Å²) in [5.41, 5.74) is 0.598. The van der Waals surface area contributed by atoms with Gasteiger partial charge in [-0.15, -0.1) is 0 Å². The van der Waals surface area contributed by atoms with Crippen LogP contribution in [0, 0.1) is 0 Å². The Bertz CT molecular complexity index is 518. The Balaban J connectivity index is 2.05. The Morgan fingerprint density at radius 3 is 2.95 bits per heavy atom. The second kappa shape index (κ2) is 6.97. The first kappa shape index (κ1) is 15.2. The van der Waals surface area contributed by atoms with E-state index < -0.39 is 12.0 Å². The molecule has 1 aliphatic rings. The zero-order valence-electron chi connectivity index (χ0n) is 12.0. The lowest BCUT2D eigenvalue weighted by atomic mass is 10.0. The van der Waals surface area contributed by atoms with E-state index in [4.69, 9.17) is 4.74 Å². The summed E-state index contributed by atoms with van der Waals surface area (Å²) in [5, 5.41) is 11.9. The van der Waals surface area contributed by atoms with E-state index in [1.807, 2.05) is 6.92 Å². The van der Waals surface area contributed by atoms with Gasteiger partial charge in [0.1, 0.15) is 11.8 Å². The van der Waals surface area contributed by atoms with E-state index in [1.165, 1.54) is 4.90 Å². The predicted octanol–water partition coefficient (Wildman–Crippen LogP) is 2.56. The van der Waals surface area contributed by atoms with Crippen molar-refractivity contribution in [3.05, 3.63) is 24.3 Å². The maximum atomic E-state index is 12.3. The number of anilines is 1. The van der Waals surface area contributed by atoms with E-state index in [-0.39, 0.29) is 6.03 Å². The largest absolute Gasteiger partial charge is 0.494 e. The third-order valence-corrected chi connectivity index (χ3v) is 3.45. The van der Waals surface area contributed by atoms with Crippen molar-refractivity contribution < 1.29 is 19.4 Å². The highest BCUT2D eigenvalue weighted by atomic mass is 16.5. The van der Waals surface area contributed by atoms with E-state index in [2.05, 4.69) is 5.32 Å². The number of amides is 2. The molecule has 1 aliphatic heterocycles. The van der Waals surface area contributed by atoms with Gasteiger partial charge in [-0.05, 0) is 38.3 Å². The molecule has 2 N–H and O–H groups in total. The molecule has 1 unspecified atom stereocenters. The lowest BCUT2D eigenvalue weighted by molar-refractivity contribution is -0.143. The van der Waals surface area contributed by atoms with E-state index in [0.717, 1.165) is 12.8 Å². The lowest BCUT2D eigenvalue weighted by Crippen LogP contribution is -2.49. The molecule has 0 aromatic heterocycles. The number of carbonyl (C=O) groups is 2. The summed E-state index contributed by atoms with van der Waals surface area (Å²) in [6.45, 7) is 2.90. The normalized spacial score (nSPS) is 18.1. The van der Waals surface area contributed by atoms with Gasteiger partial charge < -0.3 is 20.1 Å². The third-order valence-electron chi connectivity index (χ3n) is 3.45. The Hall–Kier alpha value is -2.24. The van der Waals surface area contributed by atoms with Crippen LogP contribution in [0.5, 0.6) is 5.75 Å². The van der Waals surface area contributed by atoms with Gasteiger partial charge in [-0.2, -0.15) is 0 Å². The van der Waals surface area contributed by atoms with Gasteiger partial charge in [0.15, 0.2) is 0 Å². The minimum Gasteiger partial charge on any atom is -0.494 e. The summed E-state index contributed by atoms with van der Waals surface area (Å²) < 4.78 is 5.37. The summed E-state index contributed by atoms with van der Waals surface area (Å²) >= 11 is 0.